The van der Waals surface area contributed by atoms with E-state index < -0.39 is 0 Å². The molecule has 2 aromatic carbocycles. The largest absolute Gasteiger partial charge is 0.507 e. The van der Waals surface area contributed by atoms with Crippen LogP contribution in [0.3, 0.4) is 0 Å². The molecule has 0 amide bonds. The lowest BCUT2D eigenvalue weighted by atomic mass is 9.98. The van der Waals surface area contributed by atoms with Crippen molar-refractivity contribution in [2.45, 2.75) is 19.5 Å². The van der Waals surface area contributed by atoms with E-state index in [0.717, 1.165) is 11.1 Å². The summed E-state index contributed by atoms with van der Waals surface area (Å²) in [4.78, 5) is 0. The molecule has 5 heteroatoms. The molecule has 0 fully saturated rings. The summed E-state index contributed by atoms with van der Waals surface area (Å²) in [5.74, 6) is 1.72. The maximum absolute atomic E-state index is 10.4. The Morgan fingerprint density at radius 2 is 1.18 bits per heavy atom. The van der Waals surface area contributed by atoms with Crippen LogP contribution in [-0.4, -0.2) is 24.4 Å². The van der Waals surface area contributed by atoms with Crippen LogP contribution in [0, 0.1) is 13.8 Å². The van der Waals surface area contributed by atoms with Crippen molar-refractivity contribution in [2.75, 3.05) is 14.2 Å². The third kappa shape index (κ3) is 2.97. The Morgan fingerprint density at radius 1 is 0.818 bits per heavy atom. The molecule has 0 aliphatic carbocycles. The van der Waals surface area contributed by atoms with E-state index in [2.05, 4.69) is 9.24 Å². The van der Waals surface area contributed by atoms with Crippen molar-refractivity contribution in [1.29, 1.82) is 0 Å². The predicted molar refractivity (Wildman–Crippen MR) is 90.3 cm³/mol. The first-order chi connectivity index (χ1) is 10.4. The molecule has 1 atom stereocenters. The molecule has 0 aliphatic heterocycles. The first-order valence-corrected chi connectivity index (χ1v) is 7.56. The zero-order valence-electron chi connectivity index (χ0n) is 13.2. The number of phenols is 2. The van der Waals surface area contributed by atoms with Crippen LogP contribution in [0.4, 0.5) is 0 Å². The average Bonchev–Trinajstić information content (AvgIpc) is 2.51. The number of aryl methyl sites for hydroxylation is 2. The number of hydrogen-bond donors (Lipinski definition) is 2. The number of ether oxygens (including phenoxy) is 2. The summed E-state index contributed by atoms with van der Waals surface area (Å²) in [6.45, 7) is 3.63. The topological polar surface area (TPSA) is 58.9 Å². The summed E-state index contributed by atoms with van der Waals surface area (Å²) in [7, 11) is 5.82. The highest BCUT2D eigenvalue weighted by atomic mass is 31.0. The van der Waals surface area contributed by atoms with Gasteiger partial charge in [0.25, 0.3) is 0 Å². The summed E-state index contributed by atoms with van der Waals surface area (Å²) >= 11 is 0. The first kappa shape index (κ1) is 16.4. The number of aromatic hydroxyl groups is 2. The standard InChI is InChI=1S/C17H21O4P/c1-9-5-11(20-3)7-13(15(9)18)17(22)14-8-12(21-4)6-10(2)16(14)19/h5-8,17-19H,22H2,1-4H3. The van der Waals surface area contributed by atoms with Gasteiger partial charge in [-0.1, -0.05) is 0 Å². The number of hydrogen-bond acceptors (Lipinski definition) is 4. The Hall–Kier alpha value is -1.93. The second-order valence-corrected chi connectivity index (χ2v) is 5.91. The third-order valence-electron chi connectivity index (χ3n) is 3.75. The molecule has 2 rings (SSSR count). The van der Waals surface area contributed by atoms with Gasteiger partial charge >= 0.3 is 0 Å². The molecule has 0 heterocycles. The molecule has 2 N–H and O–H groups in total. The number of phenolic OH excluding ortho intramolecular Hbond substituents is 2. The molecular formula is C17H21O4P. The second kappa shape index (κ2) is 6.45. The van der Waals surface area contributed by atoms with E-state index in [1.165, 1.54) is 0 Å². The molecule has 0 saturated carbocycles. The molecule has 22 heavy (non-hydrogen) atoms. The molecule has 4 nitrogen and oxygen atoms in total. The first-order valence-electron chi connectivity index (χ1n) is 6.89. The van der Waals surface area contributed by atoms with Gasteiger partial charge in [0, 0.05) is 16.8 Å². The van der Waals surface area contributed by atoms with Gasteiger partial charge in [-0.15, -0.1) is 9.24 Å². The van der Waals surface area contributed by atoms with Crippen LogP contribution in [0.15, 0.2) is 24.3 Å². The van der Waals surface area contributed by atoms with Gasteiger partial charge in [-0.05, 0) is 49.2 Å². The average molecular weight is 320 g/mol. The van der Waals surface area contributed by atoms with Crippen LogP contribution in [0.25, 0.3) is 0 Å². The highest BCUT2D eigenvalue weighted by molar-refractivity contribution is 7.17. The minimum atomic E-state index is -0.289. The van der Waals surface area contributed by atoms with E-state index >= 15 is 0 Å². The lowest BCUT2D eigenvalue weighted by Crippen LogP contribution is -1.99. The van der Waals surface area contributed by atoms with Gasteiger partial charge in [0.1, 0.15) is 23.0 Å². The van der Waals surface area contributed by atoms with Crippen LogP contribution in [-0.2, 0) is 0 Å². The summed E-state index contributed by atoms with van der Waals surface area (Å²) in [5, 5.41) is 20.7. The van der Waals surface area contributed by atoms with E-state index in [0.29, 0.717) is 22.6 Å². The van der Waals surface area contributed by atoms with Crippen molar-refractivity contribution in [3.63, 3.8) is 0 Å². The predicted octanol–water partition coefficient (Wildman–Crippen LogP) is 3.70. The maximum Gasteiger partial charge on any atom is 0.122 e. The molecule has 0 bridgehead atoms. The van der Waals surface area contributed by atoms with Crippen LogP contribution in [0.1, 0.15) is 27.9 Å². The van der Waals surface area contributed by atoms with Crippen molar-refractivity contribution in [3.8, 4) is 23.0 Å². The quantitative estimate of drug-likeness (QED) is 0.844. The molecule has 0 radical (unpaired) electrons. The molecule has 0 saturated heterocycles. The van der Waals surface area contributed by atoms with E-state index in [9.17, 15) is 10.2 Å². The normalized spacial score (nSPS) is 10.8. The van der Waals surface area contributed by atoms with Gasteiger partial charge in [-0.2, -0.15) is 0 Å². The van der Waals surface area contributed by atoms with Crippen molar-refractivity contribution in [3.05, 3.63) is 46.5 Å². The van der Waals surface area contributed by atoms with E-state index in [1.54, 1.807) is 38.5 Å². The van der Waals surface area contributed by atoms with Crippen molar-refractivity contribution >= 4 is 9.24 Å². The minimum Gasteiger partial charge on any atom is -0.507 e. The lowest BCUT2D eigenvalue weighted by Gasteiger charge is -2.19. The molecule has 0 spiro atoms. The highest BCUT2D eigenvalue weighted by Gasteiger charge is 2.20. The van der Waals surface area contributed by atoms with E-state index in [-0.39, 0.29) is 17.2 Å². The van der Waals surface area contributed by atoms with Crippen molar-refractivity contribution < 1.29 is 19.7 Å². The van der Waals surface area contributed by atoms with Crippen LogP contribution >= 0.6 is 9.24 Å². The van der Waals surface area contributed by atoms with Crippen molar-refractivity contribution in [1.82, 2.24) is 0 Å². The Balaban J connectivity index is 2.59. The Kier molecular flexibility index (Phi) is 4.82. The van der Waals surface area contributed by atoms with Gasteiger partial charge in [-0.25, -0.2) is 0 Å². The van der Waals surface area contributed by atoms with E-state index in [4.69, 9.17) is 9.47 Å². The van der Waals surface area contributed by atoms with Gasteiger partial charge in [0.05, 0.1) is 14.2 Å². The smallest absolute Gasteiger partial charge is 0.122 e. The van der Waals surface area contributed by atoms with Crippen molar-refractivity contribution in [2.24, 2.45) is 0 Å². The Bertz CT molecular complexity index is 638. The van der Waals surface area contributed by atoms with Gasteiger partial charge in [0.2, 0.25) is 0 Å². The lowest BCUT2D eigenvalue weighted by molar-refractivity contribution is 0.408. The maximum atomic E-state index is 10.4. The fraction of sp³-hybridized carbons (Fsp3) is 0.294. The fourth-order valence-electron chi connectivity index (χ4n) is 2.42. The van der Waals surface area contributed by atoms with Gasteiger partial charge in [0.15, 0.2) is 0 Å². The number of methoxy groups -OCH3 is 2. The second-order valence-electron chi connectivity index (χ2n) is 5.24. The third-order valence-corrected chi connectivity index (χ3v) is 4.47. The summed E-state index contributed by atoms with van der Waals surface area (Å²) in [6.07, 6.45) is 0. The monoisotopic (exact) mass is 320 g/mol. The highest BCUT2D eigenvalue weighted by Crippen LogP contribution is 2.44. The zero-order valence-corrected chi connectivity index (χ0v) is 14.3. The van der Waals surface area contributed by atoms with Crippen LogP contribution < -0.4 is 9.47 Å². The van der Waals surface area contributed by atoms with Crippen LogP contribution in [0.2, 0.25) is 0 Å². The molecule has 1 unspecified atom stereocenters. The number of rotatable bonds is 4. The minimum absolute atomic E-state index is 0.195. The summed E-state index contributed by atoms with van der Waals surface area (Å²) < 4.78 is 10.5. The SMILES string of the molecule is COc1cc(C)c(O)c(C(P)c2cc(OC)cc(C)c2O)c1. The molecular weight excluding hydrogens is 299 g/mol. The summed E-state index contributed by atoms with van der Waals surface area (Å²) in [5.41, 5.74) is 2.50. The molecule has 0 aliphatic rings. The summed E-state index contributed by atoms with van der Waals surface area (Å²) in [6, 6.07) is 7.09. The number of benzene rings is 2. The zero-order chi connectivity index (χ0) is 16.4. The molecule has 0 aromatic heterocycles. The van der Waals surface area contributed by atoms with Crippen LogP contribution in [0.5, 0.6) is 23.0 Å². The molecule has 2 aromatic rings. The molecule has 118 valence electrons. The van der Waals surface area contributed by atoms with E-state index in [1.807, 2.05) is 13.8 Å². The van der Waals surface area contributed by atoms with Gasteiger partial charge < -0.3 is 19.7 Å². The Morgan fingerprint density at radius 3 is 1.50 bits per heavy atom. The fourth-order valence-corrected chi connectivity index (χ4v) is 2.93. The van der Waals surface area contributed by atoms with Gasteiger partial charge in [-0.3, -0.25) is 0 Å². The Labute approximate surface area is 132 Å².